The van der Waals surface area contributed by atoms with Gasteiger partial charge in [-0.25, -0.2) is 8.42 Å². The normalized spacial score (nSPS) is 29.0. The average Bonchev–Trinajstić information content (AvgIpc) is 2.97. The molecule has 3 aliphatic rings. The first-order valence-corrected chi connectivity index (χ1v) is 12.2. The lowest BCUT2D eigenvalue weighted by Gasteiger charge is -2.39. The van der Waals surface area contributed by atoms with E-state index < -0.39 is 9.84 Å². The minimum atomic E-state index is -3.30. The molecular weight excluding hydrogens is 358 g/mol. The maximum Gasteiger partial charge on any atom is 0.223 e. The predicted molar refractivity (Wildman–Crippen MR) is 106 cm³/mol. The Labute approximate surface area is 163 Å². The zero-order valence-corrected chi connectivity index (χ0v) is 16.9. The number of benzene rings is 1. The van der Waals surface area contributed by atoms with E-state index in [1.165, 1.54) is 32.1 Å². The molecule has 0 radical (unpaired) electrons. The molecule has 4 nitrogen and oxygen atoms in total. The fourth-order valence-electron chi connectivity index (χ4n) is 5.52. The standard InChI is InChI=1S/C22H31NO3S/c24-22(14-11-17-7-3-1-4-8-17)23-18-12-13-19(23)16-21(15-18)27(25,26)20-9-5-2-6-10-20/h2,5-6,9-10,17-19,21H,1,3-4,7-8,11-16H2. The van der Waals surface area contributed by atoms with Crippen molar-refractivity contribution < 1.29 is 13.2 Å². The maximum absolute atomic E-state index is 13.0. The van der Waals surface area contributed by atoms with Gasteiger partial charge in [0.25, 0.3) is 0 Å². The number of piperidine rings is 1. The van der Waals surface area contributed by atoms with E-state index in [0.717, 1.165) is 25.2 Å². The molecule has 2 saturated heterocycles. The van der Waals surface area contributed by atoms with Gasteiger partial charge in [-0.1, -0.05) is 50.3 Å². The molecule has 0 spiro atoms. The van der Waals surface area contributed by atoms with Crippen LogP contribution < -0.4 is 0 Å². The molecule has 5 heteroatoms. The Hall–Kier alpha value is -1.36. The first kappa shape index (κ1) is 19.0. The fourth-order valence-corrected chi connectivity index (χ4v) is 7.40. The van der Waals surface area contributed by atoms with Gasteiger partial charge in [-0.05, 0) is 50.2 Å². The number of sulfone groups is 1. The summed E-state index contributed by atoms with van der Waals surface area (Å²) in [6, 6.07) is 9.03. The molecule has 2 atom stereocenters. The first-order valence-electron chi connectivity index (χ1n) is 10.7. The molecule has 0 N–H and O–H groups in total. The van der Waals surface area contributed by atoms with Crippen LogP contribution in [-0.4, -0.2) is 36.6 Å². The Kier molecular flexibility index (Phi) is 5.58. The summed E-state index contributed by atoms with van der Waals surface area (Å²) >= 11 is 0. The molecule has 1 saturated carbocycles. The van der Waals surface area contributed by atoms with Crippen molar-refractivity contribution in [1.29, 1.82) is 0 Å². The Morgan fingerprint density at radius 2 is 1.56 bits per heavy atom. The zero-order chi connectivity index (χ0) is 18.9. The molecule has 0 aromatic heterocycles. The SMILES string of the molecule is O=C(CCC1CCCCC1)N1C2CCC1CC(S(=O)(=O)c1ccccc1)C2. The summed E-state index contributed by atoms with van der Waals surface area (Å²) in [6.07, 6.45) is 11.3. The lowest BCUT2D eigenvalue weighted by atomic mass is 9.86. The van der Waals surface area contributed by atoms with E-state index in [0.29, 0.717) is 24.2 Å². The highest BCUT2D eigenvalue weighted by atomic mass is 32.2. The Balaban J connectivity index is 1.39. The summed E-state index contributed by atoms with van der Waals surface area (Å²) < 4.78 is 26.0. The van der Waals surface area contributed by atoms with Crippen molar-refractivity contribution in [2.24, 2.45) is 5.92 Å². The molecule has 2 aliphatic heterocycles. The van der Waals surface area contributed by atoms with Gasteiger partial charge in [-0.3, -0.25) is 4.79 Å². The highest BCUT2D eigenvalue weighted by molar-refractivity contribution is 7.92. The van der Waals surface area contributed by atoms with Crippen LogP contribution in [-0.2, 0) is 14.6 Å². The monoisotopic (exact) mass is 389 g/mol. The van der Waals surface area contributed by atoms with E-state index in [1.54, 1.807) is 24.3 Å². The number of amides is 1. The molecular formula is C22H31NO3S. The molecule has 1 aliphatic carbocycles. The van der Waals surface area contributed by atoms with Crippen molar-refractivity contribution >= 4 is 15.7 Å². The smallest absolute Gasteiger partial charge is 0.223 e. The van der Waals surface area contributed by atoms with Gasteiger partial charge in [0.05, 0.1) is 10.1 Å². The van der Waals surface area contributed by atoms with Crippen LogP contribution in [0.3, 0.4) is 0 Å². The van der Waals surface area contributed by atoms with Crippen molar-refractivity contribution in [3.8, 4) is 0 Å². The van der Waals surface area contributed by atoms with Crippen molar-refractivity contribution in [3.05, 3.63) is 30.3 Å². The summed E-state index contributed by atoms with van der Waals surface area (Å²) in [5, 5.41) is -0.347. The Morgan fingerprint density at radius 1 is 0.926 bits per heavy atom. The van der Waals surface area contributed by atoms with E-state index in [2.05, 4.69) is 4.90 Å². The third-order valence-electron chi connectivity index (χ3n) is 6.98. The van der Waals surface area contributed by atoms with Gasteiger partial charge in [0.15, 0.2) is 9.84 Å². The van der Waals surface area contributed by atoms with Crippen LogP contribution in [0, 0.1) is 5.92 Å². The second kappa shape index (κ2) is 7.94. The van der Waals surface area contributed by atoms with Gasteiger partial charge < -0.3 is 4.90 Å². The van der Waals surface area contributed by atoms with Crippen LogP contribution in [0.25, 0.3) is 0 Å². The fraction of sp³-hybridized carbons (Fsp3) is 0.682. The quantitative estimate of drug-likeness (QED) is 0.753. The second-order valence-corrected chi connectivity index (χ2v) is 10.9. The van der Waals surface area contributed by atoms with Crippen LogP contribution in [0.5, 0.6) is 0 Å². The van der Waals surface area contributed by atoms with E-state index in [9.17, 15) is 13.2 Å². The van der Waals surface area contributed by atoms with Gasteiger partial charge in [0, 0.05) is 18.5 Å². The number of hydrogen-bond acceptors (Lipinski definition) is 3. The summed E-state index contributed by atoms with van der Waals surface area (Å²) in [4.78, 5) is 15.4. The highest BCUT2D eigenvalue weighted by Gasteiger charge is 2.46. The molecule has 2 bridgehead atoms. The van der Waals surface area contributed by atoms with Crippen LogP contribution in [0.2, 0.25) is 0 Å². The molecule has 1 amide bonds. The van der Waals surface area contributed by atoms with E-state index in [4.69, 9.17) is 0 Å². The summed E-state index contributed by atoms with van der Waals surface area (Å²) in [7, 11) is -3.30. The Morgan fingerprint density at radius 3 is 2.19 bits per heavy atom. The van der Waals surface area contributed by atoms with Crippen molar-refractivity contribution in [2.75, 3.05) is 0 Å². The summed E-state index contributed by atoms with van der Waals surface area (Å²) in [6.45, 7) is 0. The maximum atomic E-state index is 13.0. The van der Waals surface area contributed by atoms with Crippen LogP contribution in [0.15, 0.2) is 35.2 Å². The molecule has 1 aromatic rings. The third-order valence-corrected chi connectivity index (χ3v) is 9.17. The van der Waals surface area contributed by atoms with Gasteiger partial charge in [0.1, 0.15) is 0 Å². The molecule has 148 valence electrons. The minimum Gasteiger partial charge on any atom is -0.337 e. The van der Waals surface area contributed by atoms with Gasteiger partial charge in [-0.15, -0.1) is 0 Å². The molecule has 1 aromatic carbocycles. The number of nitrogens with zero attached hydrogens (tertiary/aromatic N) is 1. The van der Waals surface area contributed by atoms with E-state index in [-0.39, 0.29) is 23.2 Å². The van der Waals surface area contributed by atoms with Crippen molar-refractivity contribution in [1.82, 2.24) is 4.90 Å². The number of carbonyl (C=O) groups is 1. The van der Waals surface area contributed by atoms with Gasteiger partial charge in [0.2, 0.25) is 5.91 Å². The summed E-state index contributed by atoms with van der Waals surface area (Å²) in [5.74, 6) is 0.986. The van der Waals surface area contributed by atoms with Crippen LogP contribution >= 0.6 is 0 Å². The third kappa shape index (κ3) is 3.94. The average molecular weight is 390 g/mol. The number of carbonyl (C=O) groups excluding carboxylic acids is 1. The molecule has 3 fully saturated rings. The molecule has 27 heavy (non-hydrogen) atoms. The van der Waals surface area contributed by atoms with Gasteiger partial charge in [-0.2, -0.15) is 0 Å². The first-order chi connectivity index (χ1) is 13.1. The van der Waals surface area contributed by atoms with Gasteiger partial charge >= 0.3 is 0 Å². The van der Waals surface area contributed by atoms with Crippen molar-refractivity contribution in [2.45, 2.75) is 92.9 Å². The number of rotatable bonds is 5. The second-order valence-electron chi connectivity index (χ2n) is 8.68. The zero-order valence-electron chi connectivity index (χ0n) is 16.1. The lowest BCUT2D eigenvalue weighted by molar-refractivity contribution is -0.135. The van der Waals surface area contributed by atoms with Crippen molar-refractivity contribution in [3.63, 3.8) is 0 Å². The number of fused-ring (bicyclic) bond motifs is 2. The van der Waals surface area contributed by atoms with E-state index in [1.807, 2.05) is 6.07 Å². The molecule has 4 rings (SSSR count). The molecule has 2 heterocycles. The predicted octanol–water partition coefficient (Wildman–Crippen LogP) is 4.34. The number of hydrogen-bond donors (Lipinski definition) is 0. The molecule has 2 unspecified atom stereocenters. The topological polar surface area (TPSA) is 54.5 Å². The lowest BCUT2D eigenvalue weighted by Crippen LogP contribution is -2.49. The summed E-state index contributed by atoms with van der Waals surface area (Å²) in [5.41, 5.74) is 0. The van der Waals surface area contributed by atoms with E-state index >= 15 is 0 Å². The Bertz CT molecular complexity index is 741. The van der Waals surface area contributed by atoms with Crippen LogP contribution in [0.1, 0.15) is 70.6 Å². The largest absolute Gasteiger partial charge is 0.337 e. The minimum absolute atomic E-state index is 0.117. The highest BCUT2D eigenvalue weighted by Crippen LogP contribution is 2.40. The van der Waals surface area contributed by atoms with Crippen LogP contribution in [0.4, 0.5) is 0 Å².